The summed E-state index contributed by atoms with van der Waals surface area (Å²) < 4.78 is 5.43. The molecule has 0 aliphatic heterocycles. The molecule has 0 saturated carbocycles. The number of anilines is 1. The molecule has 0 saturated heterocycles. The van der Waals surface area contributed by atoms with Crippen molar-refractivity contribution in [3.63, 3.8) is 0 Å². The summed E-state index contributed by atoms with van der Waals surface area (Å²) in [5, 5.41) is 13.6. The van der Waals surface area contributed by atoms with Gasteiger partial charge in [0.05, 0.1) is 22.1 Å². The molecular weight excluding hydrogens is 410 g/mol. The number of ether oxygens (including phenoxy) is 1. The number of nitrogens with one attached hydrogen (secondary N) is 1. The van der Waals surface area contributed by atoms with E-state index in [4.69, 9.17) is 16.3 Å². The van der Waals surface area contributed by atoms with E-state index in [1.165, 1.54) is 17.0 Å². The number of nitrogens with zero attached hydrogens (tertiary/aromatic N) is 2. The number of carbonyl (C=O) groups is 2. The Bertz CT molecular complexity index is 956. The fourth-order valence-corrected chi connectivity index (χ4v) is 2.87. The van der Waals surface area contributed by atoms with Crippen molar-refractivity contribution >= 4 is 35.0 Å². The van der Waals surface area contributed by atoms with Crippen molar-refractivity contribution in [2.24, 2.45) is 0 Å². The third kappa shape index (κ3) is 6.18. The van der Waals surface area contributed by atoms with E-state index in [-0.39, 0.29) is 22.8 Å². The second kappa shape index (κ2) is 9.58. The second-order valence-electron chi connectivity index (χ2n) is 7.53. The SMILES string of the molecule is CCN(Cc1ccccc1NC(=O)c1ccc([N+](=O)[O-])cc1Cl)C(=O)OC(C)(C)C. The maximum atomic E-state index is 12.7. The largest absolute Gasteiger partial charge is 0.444 e. The van der Waals surface area contributed by atoms with Gasteiger partial charge in [-0.2, -0.15) is 0 Å². The fraction of sp³-hybridized carbons (Fsp3) is 0.333. The van der Waals surface area contributed by atoms with E-state index in [2.05, 4.69) is 5.32 Å². The van der Waals surface area contributed by atoms with Crippen LogP contribution in [0.5, 0.6) is 0 Å². The molecule has 2 amide bonds. The molecule has 0 fully saturated rings. The Hall–Kier alpha value is -3.13. The molecule has 0 aromatic heterocycles. The van der Waals surface area contributed by atoms with E-state index in [1.54, 1.807) is 45.0 Å². The molecule has 8 nitrogen and oxygen atoms in total. The van der Waals surface area contributed by atoms with Crippen LogP contribution < -0.4 is 5.32 Å². The number of non-ortho nitro benzene ring substituents is 1. The number of nitro benzene ring substituents is 1. The fourth-order valence-electron chi connectivity index (χ4n) is 2.61. The number of rotatable bonds is 6. The van der Waals surface area contributed by atoms with Crippen LogP contribution in [0.3, 0.4) is 0 Å². The number of para-hydroxylation sites is 1. The lowest BCUT2D eigenvalue weighted by Crippen LogP contribution is -2.36. The molecule has 0 heterocycles. The van der Waals surface area contributed by atoms with Crippen LogP contribution in [-0.4, -0.2) is 34.0 Å². The Morgan fingerprint density at radius 3 is 2.43 bits per heavy atom. The van der Waals surface area contributed by atoms with Gasteiger partial charge in [-0.25, -0.2) is 4.79 Å². The predicted molar refractivity (Wildman–Crippen MR) is 115 cm³/mol. The van der Waals surface area contributed by atoms with Gasteiger partial charge >= 0.3 is 6.09 Å². The van der Waals surface area contributed by atoms with Gasteiger partial charge in [-0.15, -0.1) is 0 Å². The molecule has 160 valence electrons. The number of nitro groups is 1. The van der Waals surface area contributed by atoms with Crippen molar-refractivity contribution < 1.29 is 19.2 Å². The zero-order valence-electron chi connectivity index (χ0n) is 17.3. The average Bonchev–Trinajstić information content (AvgIpc) is 2.65. The minimum absolute atomic E-state index is 0.0249. The molecule has 2 rings (SSSR count). The van der Waals surface area contributed by atoms with Crippen molar-refractivity contribution in [2.75, 3.05) is 11.9 Å². The van der Waals surface area contributed by atoms with Crippen LogP contribution >= 0.6 is 11.6 Å². The second-order valence-corrected chi connectivity index (χ2v) is 7.93. The number of benzene rings is 2. The highest BCUT2D eigenvalue weighted by Gasteiger charge is 2.22. The summed E-state index contributed by atoms with van der Waals surface area (Å²) in [6.45, 7) is 7.87. The van der Waals surface area contributed by atoms with Gasteiger partial charge in [-0.05, 0) is 45.4 Å². The molecule has 1 N–H and O–H groups in total. The highest BCUT2D eigenvalue weighted by atomic mass is 35.5. The van der Waals surface area contributed by atoms with Gasteiger partial charge in [0.15, 0.2) is 0 Å². The Balaban J connectivity index is 2.21. The van der Waals surface area contributed by atoms with Crippen LogP contribution in [0.1, 0.15) is 43.6 Å². The van der Waals surface area contributed by atoms with Gasteiger partial charge in [0.1, 0.15) is 5.60 Å². The summed E-state index contributed by atoms with van der Waals surface area (Å²) in [6.07, 6.45) is -0.454. The van der Waals surface area contributed by atoms with Gasteiger partial charge in [0, 0.05) is 24.4 Å². The number of carbonyl (C=O) groups excluding carboxylic acids is 2. The molecule has 0 unspecified atom stereocenters. The molecule has 30 heavy (non-hydrogen) atoms. The van der Waals surface area contributed by atoms with E-state index >= 15 is 0 Å². The van der Waals surface area contributed by atoms with Crippen molar-refractivity contribution in [2.45, 2.75) is 39.8 Å². The minimum Gasteiger partial charge on any atom is -0.444 e. The lowest BCUT2D eigenvalue weighted by Gasteiger charge is -2.27. The minimum atomic E-state index is -0.620. The summed E-state index contributed by atoms with van der Waals surface area (Å²) in [7, 11) is 0. The standard InChI is InChI=1S/C21H24ClN3O5/c1-5-24(20(27)30-21(2,3)4)13-14-8-6-7-9-18(14)23-19(26)16-11-10-15(25(28)29)12-17(16)22/h6-12H,5,13H2,1-4H3,(H,23,26). The maximum Gasteiger partial charge on any atom is 0.410 e. The molecule has 0 spiro atoms. The van der Waals surface area contributed by atoms with Crippen molar-refractivity contribution in [3.05, 3.63) is 68.7 Å². The van der Waals surface area contributed by atoms with Crippen LogP contribution in [0, 0.1) is 10.1 Å². The zero-order chi connectivity index (χ0) is 22.5. The smallest absolute Gasteiger partial charge is 0.410 e. The molecular formula is C21H24ClN3O5. The Morgan fingerprint density at radius 2 is 1.87 bits per heavy atom. The molecule has 9 heteroatoms. The molecule has 0 atom stereocenters. The van der Waals surface area contributed by atoms with Gasteiger partial charge in [-0.3, -0.25) is 14.9 Å². The Kier molecular flexibility index (Phi) is 7.39. The lowest BCUT2D eigenvalue weighted by atomic mass is 10.1. The Morgan fingerprint density at radius 1 is 1.20 bits per heavy atom. The van der Waals surface area contributed by atoms with E-state index in [9.17, 15) is 19.7 Å². The third-order valence-corrected chi connectivity index (χ3v) is 4.38. The van der Waals surface area contributed by atoms with E-state index in [0.29, 0.717) is 17.8 Å². The monoisotopic (exact) mass is 433 g/mol. The van der Waals surface area contributed by atoms with Crippen LogP contribution in [0.2, 0.25) is 5.02 Å². The molecule has 2 aromatic rings. The van der Waals surface area contributed by atoms with Crippen LogP contribution in [0.4, 0.5) is 16.2 Å². The normalized spacial score (nSPS) is 11.0. The predicted octanol–water partition coefficient (Wildman–Crippen LogP) is 5.26. The van der Waals surface area contributed by atoms with Gasteiger partial charge < -0.3 is 15.0 Å². The quantitative estimate of drug-likeness (QED) is 0.494. The first kappa shape index (κ1) is 23.2. The molecule has 0 aliphatic carbocycles. The molecule has 2 aromatic carbocycles. The van der Waals surface area contributed by atoms with E-state index < -0.39 is 22.5 Å². The van der Waals surface area contributed by atoms with Crippen LogP contribution in [0.25, 0.3) is 0 Å². The lowest BCUT2D eigenvalue weighted by molar-refractivity contribution is -0.384. The number of amides is 2. The summed E-state index contributed by atoms with van der Waals surface area (Å²) >= 11 is 6.05. The molecule has 0 radical (unpaired) electrons. The topological polar surface area (TPSA) is 102 Å². The van der Waals surface area contributed by atoms with E-state index in [1.807, 2.05) is 6.92 Å². The van der Waals surface area contributed by atoms with Crippen molar-refractivity contribution in [1.29, 1.82) is 0 Å². The maximum absolute atomic E-state index is 12.7. The zero-order valence-corrected chi connectivity index (χ0v) is 18.0. The first-order chi connectivity index (χ1) is 14.0. The summed E-state index contributed by atoms with van der Waals surface area (Å²) in [6, 6.07) is 10.7. The van der Waals surface area contributed by atoms with Gasteiger partial charge in [-0.1, -0.05) is 29.8 Å². The highest BCUT2D eigenvalue weighted by molar-refractivity contribution is 6.34. The number of hydrogen-bond donors (Lipinski definition) is 1. The first-order valence-electron chi connectivity index (χ1n) is 9.33. The third-order valence-electron chi connectivity index (χ3n) is 4.07. The van der Waals surface area contributed by atoms with E-state index in [0.717, 1.165) is 6.07 Å². The summed E-state index contributed by atoms with van der Waals surface area (Å²) in [5.41, 5.74) is 0.491. The number of hydrogen-bond acceptors (Lipinski definition) is 5. The van der Waals surface area contributed by atoms with Gasteiger partial charge in [0.25, 0.3) is 11.6 Å². The van der Waals surface area contributed by atoms with Crippen LogP contribution in [0.15, 0.2) is 42.5 Å². The van der Waals surface area contributed by atoms with Gasteiger partial charge in [0.2, 0.25) is 0 Å². The summed E-state index contributed by atoms with van der Waals surface area (Å²) in [5.74, 6) is -0.511. The molecule has 0 bridgehead atoms. The van der Waals surface area contributed by atoms with Crippen molar-refractivity contribution in [1.82, 2.24) is 4.90 Å². The Labute approximate surface area is 179 Å². The first-order valence-corrected chi connectivity index (χ1v) is 9.70. The number of halogens is 1. The van der Waals surface area contributed by atoms with Crippen LogP contribution in [-0.2, 0) is 11.3 Å². The highest BCUT2D eigenvalue weighted by Crippen LogP contribution is 2.25. The summed E-state index contributed by atoms with van der Waals surface area (Å²) in [4.78, 5) is 36.9. The molecule has 0 aliphatic rings. The average molecular weight is 434 g/mol. The van der Waals surface area contributed by atoms with Crippen molar-refractivity contribution in [3.8, 4) is 0 Å².